The molecule has 0 spiro atoms. The molecule has 0 saturated heterocycles. The van der Waals surface area contributed by atoms with Gasteiger partial charge in [0.1, 0.15) is 5.75 Å². The zero-order chi connectivity index (χ0) is 11.1. The molecule has 15 heavy (non-hydrogen) atoms. The van der Waals surface area contributed by atoms with Crippen LogP contribution in [0.3, 0.4) is 0 Å². The van der Waals surface area contributed by atoms with E-state index in [0.29, 0.717) is 0 Å². The summed E-state index contributed by atoms with van der Waals surface area (Å²) in [6.45, 7) is 4.99. The quantitative estimate of drug-likeness (QED) is 0.671. The van der Waals surface area contributed by atoms with Gasteiger partial charge in [-0.15, -0.1) is 11.8 Å². The van der Waals surface area contributed by atoms with E-state index in [0.717, 1.165) is 12.4 Å². The molecule has 0 aliphatic heterocycles. The van der Waals surface area contributed by atoms with Crippen LogP contribution in [0.2, 0.25) is 0 Å². The average Bonchev–Trinajstić information content (AvgIpc) is 2.27. The Hall–Kier alpha value is -0.630. The minimum atomic E-state index is 0.738. The fourth-order valence-electron chi connectivity index (χ4n) is 1.56. The Morgan fingerprint density at radius 3 is 2.67 bits per heavy atom. The van der Waals surface area contributed by atoms with E-state index in [4.69, 9.17) is 4.74 Å². The number of benzene rings is 1. The maximum atomic E-state index is 5.49. The first kappa shape index (κ1) is 12.4. The first-order valence-electron chi connectivity index (χ1n) is 5.61. The highest BCUT2D eigenvalue weighted by molar-refractivity contribution is 7.98. The zero-order valence-corrected chi connectivity index (χ0v) is 10.7. The molecule has 0 fully saturated rings. The van der Waals surface area contributed by atoms with Crippen molar-refractivity contribution < 1.29 is 4.74 Å². The highest BCUT2D eigenvalue weighted by Crippen LogP contribution is 2.26. The van der Waals surface area contributed by atoms with Crippen LogP contribution in [-0.4, -0.2) is 12.9 Å². The lowest BCUT2D eigenvalue weighted by atomic mass is 10.1. The van der Waals surface area contributed by atoms with Crippen molar-refractivity contribution in [2.24, 2.45) is 0 Å². The summed E-state index contributed by atoms with van der Waals surface area (Å²) in [5.74, 6) is 0.988. The molecule has 84 valence electrons. The van der Waals surface area contributed by atoms with Crippen LogP contribution >= 0.6 is 11.8 Å². The topological polar surface area (TPSA) is 9.23 Å². The molecule has 0 bridgehead atoms. The minimum absolute atomic E-state index is 0.738. The van der Waals surface area contributed by atoms with Crippen LogP contribution < -0.4 is 4.74 Å². The van der Waals surface area contributed by atoms with Crippen molar-refractivity contribution in [3.63, 3.8) is 0 Å². The fraction of sp³-hybridized carbons (Fsp3) is 0.538. The summed E-state index contributed by atoms with van der Waals surface area (Å²) in [6.07, 6.45) is 5.82. The highest BCUT2D eigenvalue weighted by atomic mass is 32.2. The molecule has 0 atom stereocenters. The summed E-state index contributed by atoms with van der Waals surface area (Å²) in [6, 6.07) is 6.43. The number of unbranched alkanes of at least 4 members (excludes halogenated alkanes) is 1. The third-order valence-electron chi connectivity index (χ3n) is 2.37. The fourth-order valence-corrected chi connectivity index (χ4v) is 2.22. The Kier molecular flexibility index (Phi) is 5.62. The van der Waals surface area contributed by atoms with Crippen molar-refractivity contribution in [1.82, 2.24) is 0 Å². The molecule has 1 aromatic rings. The minimum Gasteiger partial charge on any atom is -0.494 e. The van der Waals surface area contributed by atoms with Gasteiger partial charge >= 0.3 is 0 Å². The van der Waals surface area contributed by atoms with Gasteiger partial charge in [0.05, 0.1) is 6.61 Å². The molecule has 0 saturated carbocycles. The second kappa shape index (κ2) is 6.78. The monoisotopic (exact) mass is 224 g/mol. The maximum absolute atomic E-state index is 5.49. The van der Waals surface area contributed by atoms with Gasteiger partial charge in [0.15, 0.2) is 0 Å². The van der Waals surface area contributed by atoms with Gasteiger partial charge in [-0.25, -0.2) is 0 Å². The number of ether oxygens (including phenoxy) is 1. The van der Waals surface area contributed by atoms with Gasteiger partial charge in [0, 0.05) is 4.90 Å². The molecule has 0 unspecified atom stereocenters. The Bertz CT molecular complexity index is 297. The van der Waals surface area contributed by atoms with Crippen LogP contribution in [0.5, 0.6) is 5.75 Å². The van der Waals surface area contributed by atoms with E-state index in [1.165, 1.54) is 29.7 Å². The molecule has 0 heterocycles. The molecule has 2 heteroatoms. The standard InChI is InChI=1S/C13H20OS/c1-4-6-7-11-8-9-12(14-5-2)10-13(11)15-3/h8-10H,4-7H2,1-3H3. The largest absolute Gasteiger partial charge is 0.494 e. The van der Waals surface area contributed by atoms with E-state index in [1.54, 1.807) is 11.8 Å². The lowest BCUT2D eigenvalue weighted by molar-refractivity contribution is 0.339. The van der Waals surface area contributed by atoms with E-state index in [2.05, 4.69) is 31.4 Å². The SMILES string of the molecule is CCCCc1ccc(OCC)cc1SC. The van der Waals surface area contributed by atoms with Crippen LogP contribution in [0.25, 0.3) is 0 Å². The predicted molar refractivity (Wildman–Crippen MR) is 68.0 cm³/mol. The molecule has 1 rings (SSSR count). The van der Waals surface area contributed by atoms with Gasteiger partial charge in [-0.05, 0) is 43.7 Å². The smallest absolute Gasteiger partial charge is 0.120 e. The van der Waals surface area contributed by atoms with Crippen molar-refractivity contribution >= 4 is 11.8 Å². The van der Waals surface area contributed by atoms with Crippen molar-refractivity contribution in [3.8, 4) is 5.75 Å². The third-order valence-corrected chi connectivity index (χ3v) is 3.19. The first-order valence-corrected chi connectivity index (χ1v) is 6.84. The van der Waals surface area contributed by atoms with Gasteiger partial charge < -0.3 is 4.74 Å². The predicted octanol–water partition coefficient (Wildman–Crippen LogP) is 4.15. The van der Waals surface area contributed by atoms with Crippen molar-refractivity contribution in [3.05, 3.63) is 23.8 Å². The first-order chi connectivity index (χ1) is 7.31. The van der Waals surface area contributed by atoms with Gasteiger partial charge in [0.25, 0.3) is 0 Å². The summed E-state index contributed by atoms with van der Waals surface area (Å²) < 4.78 is 5.49. The molecule has 1 aromatic carbocycles. The molecule has 0 radical (unpaired) electrons. The molecule has 0 amide bonds. The van der Waals surface area contributed by atoms with E-state index < -0.39 is 0 Å². The average molecular weight is 224 g/mol. The summed E-state index contributed by atoms with van der Waals surface area (Å²) in [4.78, 5) is 1.36. The van der Waals surface area contributed by atoms with Gasteiger partial charge in [-0.3, -0.25) is 0 Å². The number of rotatable bonds is 6. The molecule has 0 N–H and O–H groups in total. The Balaban J connectivity index is 2.78. The van der Waals surface area contributed by atoms with Crippen LogP contribution in [-0.2, 0) is 6.42 Å². The van der Waals surface area contributed by atoms with Crippen LogP contribution in [0.15, 0.2) is 23.1 Å². The van der Waals surface area contributed by atoms with Crippen LogP contribution in [0, 0.1) is 0 Å². The van der Waals surface area contributed by atoms with Gasteiger partial charge in [-0.2, -0.15) is 0 Å². The number of hydrogen-bond acceptors (Lipinski definition) is 2. The van der Waals surface area contributed by atoms with Gasteiger partial charge in [0.2, 0.25) is 0 Å². The molecule has 1 nitrogen and oxygen atoms in total. The molecule has 0 aliphatic rings. The second-order valence-electron chi connectivity index (χ2n) is 3.51. The molecular formula is C13H20OS. The lowest BCUT2D eigenvalue weighted by Crippen LogP contribution is -1.94. The molecular weight excluding hydrogens is 204 g/mol. The second-order valence-corrected chi connectivity index (χ2v) is 4.36. The Morgan fingerprint density at radius 2 is 2.07 bits per heavy atom. The van der Waals surface area contributed by atoms with Crippen molar-refractivity contribution in [2.45, 2.75) is 38.0 Å². The van der Waals surface area contributed by atoms with E-state index >= 15 is 0 Å². The molecule has 0 aromatic heterocycles. The normalized spacial score (nSPS) is 10.3. The van der Waals surface area contributed by atoms with E-state index in [1.807, 2.05) is 6.92 Å². The summed E-state index contributed by atoms with van der Waals surface area (Å²) in [5, 5.41) is 0. The zero-order valence-electron chi connectivity index (χ0n) is 9.88. The lowest BCUT2D eigenvalue weighted by Gasteiger charge is -2.09. The number of aryl methyl sites for hydroxylation is 1. The highest BCUT2D eigenvalue weighted by Gasteiger charge is 2.03. The van der Waals surface area contributed by atoms with E-state index in [9.17, 15) is 0 Å². The van der Waals surface area contributed by atoms with Gasteiger partial charge in [-0.1, -0.05) is 19.4 Å². The van der Waals surface area contributed by atoms with Crippen molar-refractivity contribution in [1.29, 1.82) is 0 Å². The van der Waals surface area contributed by atoms with Crippen LogP contribution in [0.4, 0.5) is 0 Å². The Labute approximate surface area is 97.2 Å². The summed E-state index contributed by atoms with van der Waals surface area (Å²) >= 11 is 1.81. The third kappa shape index (κ3) is 3.78. The van der Waals surface area contributed by atoms with E-state index in [-0.39, 0.29) is 0 Å². The Morgan fingerprint density at radius 1 is 1.27 bits per heavy atom. The molecule has 0 aliphatic carbocycles. The summed E-state index contributed by atoms with van der Waals surface area (Å²) in [7, 11) is 0. The van der Waals surface area contributed by atoms with Crippen LogP contribution in [0.1, 0.15) is 32.3 Å². The summed E-state index contributed by atoms with van der Waals surface area (Å²) in [5.41, 5.74) is 1.45. The number of thioether (sulfide) groups is 1. The maximum Gasteiger partial charge on any atom is 0.120 e. The number of hydrogen-bond donors (Lipinski definition) is 0. The van der Waals surface area contributed by atoms with Crippen molar-refractivity contribution in [2.75, 3.05) is 12.9 Å².